The van der Waals surface area contributed by atoms with Crippen LogP contribution in [-0.4, -0.2) is 50.0 Å². The number of hydrogen-bond acceptors (Lipinski definition) is 6. The largest absolute Gasteiger partial charge is 0.497 e. The van der Waals surface area contributed by atoms with Crippen LogP contribution in [0.5, 0.6) is 5.75 Å². The molecule has 0 saturated heterocycles. The fraction of sp³-hybridized carbons (Fsp3) is 0.333. The van der Waals surface area contributed by atoms with Gasteiger partial charge in [0.2, 0.25) is 5.91 Å². The predicted molar refractivity (Wildman–Crippen MR) is 178 cm³/mol. The number of amides is 2. The fourth-order valence-corrected chi connectivity index (χ4v) is 5.32. The van der Waals surface area contributed by atoms with Crippen molar-refractivity contribution in [2.45, 2.75) is 71.2 Å². The molecule has 3 N–H and O–H groups in total. The maximum Gasteiger partial charge on any atom is 0.408 e. The van der Waals surface area contributed by atoms with Crippen LogP contribution in [0.1, 0.15) is 69.0 Å². The Labute approximate surface area is 269 Å². The Morgan fingerprint density at radius 2 is 1.63 bits per heavy atom. The second kappa shape index (κ2) is 13.5. The zero-order chi connectivity index (χ0) is 32.9. The van der Waals surface area contributed by atoms with Crippen LogP contribution >= 0.6 is 0 Å². The summed E-state index contributed by atoms with van der Waals surface area (Å²) >= 11 is 0. The number of fused-ring (bicyclic) bond motifs is 1. The van der Waals surface area contributed by atoms with Crippen LogP contribution in [0.25, 0.3) is 10.9 Å². The van der Waals surface area contributed by atoms with Crippen LogP contribution in [0, 0.1) is 0 Å². The van der Waals surface area contributed by atoms with Crippen molar-refractivity contribution in [1.29, 1.82) is 0 Å². The molecule has 0 spiro atoms. The van der Waals surface area contributed by atoms with Crippen molar-refractivity contribution >= 4 is 22.9 Å². The minimum Gasteiger partial charge on any atom is -0.497 e. The quantitative estimate of drug-likeness (QED) is 0.163. The number of ether oxygens (including phenoxy) is 2. The lowest BCUT2D eigenvalue weighted by molar-refractivity contribution is -0.127. The highest BCUT2D eigenvalue weighted by Gasteiger charge is 2.35. The molecule has 0 aliphatic carbocycles. The Kier molecular flexibility index (Phi) is 9.46. The first-order valence-corrected chi connectivity index (χ1v) is 15.4. The van der Waals surface area contributed by atoms with Crippen LogP contribution in [0.2, 0.25) is 0 Å². The van der Waals surface area contributed by atoms with Gasteiger partial charge in [-0.2, -0.15) is 0 Å². The molecule has 46 heavy (non-hydrogen) atoms. The van der Waals surface area contributed by atoms with Gasteiger partial charge in [-0.1, -0.05) is 60.7 Å². The SMILES string of the molecule is COc1cccc(Cn2c(Cc3ccccc3)nnc2[C@@H](Cc2c[nH]c3ccccc23)NC(=O)C(C)(C)NC(=O)OC(C)(C)C)c1. The molecule has 2 heterocycles. The highest BCUT2D eigenvalue weighted by molar-refractivity contribution is 5.89. The molecule has 0 radical (unpaired) electrons. The van der Waals surface area contributed by atoms with E-state index in [4.69, 9.17) is 14.6 Å². The van der Waals surface area contributed by atoms with E-state index in [1.54, 1.807) is 41.7 Å². The number of alkyl carbamates (subject to hydrolysis) is 1. The number of rotatable bonds is 11. The molecular formula is C36H42N6O4. The topological polar surface area (TPSA) is 123 Å². The second-order valence-electron chi connectivity index (χ2n) is 12.9. The van der Waals surface area contributed by atoms with E-state index in [9.17, 15) is 9.59 Å². The molecule has 0 saturated carbocycles. The minimum absolute atomic E-state index is 0.385. The third kappa shape index (κ3) is 7.93. The Hall–Kier alpha value is -5.12. The van der Waals surface area contributed by atoms with Crippen molar-refractivity contribution < 1.29 is 19.1 Å². The van der Waals surface area contributed by atoms with Crippen molar-refractivity contribution in [3.8, 4) is 5.75 Å². The Morgan fingerprint density at radius 1 is 0.913 bits per heavy atom. The molecule has 10 heteroatoms. The molecule has 240 valence electrons. The summed E-state index contributed by atoms with van der Waals surface area (Å²) in [7, 11) is 1.64. The normalized spacial score (nSPS) is 12.5. The maximum absolute atomic E-state index is 13.9. The van der Waals surface area contributed by atoms with Gasteiger partial charge >= 0.3 is 6.09 Å². The number of carbonyl (C=O) groups excluding carboxylic acids is 2. The summed E-state index contributed by atoms with van der Waals surface area (Å²) in [4.78, 5) is 29.9. The summed E-state index contributed by atoms with van der Waals surface area (Å²) in [6.45, 7) is 9.09. The number of methoxy groups -OCH3 is 1. The number of benzene rings is 3. The van der Waals surface area contributed by atoms with E-state index >= 15 is 0 Å². The predicted octanol–water partition coefficient (Wildman–Crippen LogP) is 6.11. The molecule has 2 amide bonds. The summed E-state index contributed by atoms with van der Waals surface area (Å²) in [6.07, 6.45) is 2.27. The Morgan fingerprint density at radius 3 is 2.37 bits per heavy atom. The summed E-state index contributed by atoms with van der Waals surface area (Å²) in [5.74, 6) is 1.72. The monoisotopic (exact) mass is 622 g/mol. The first kappa shape index (κ1) is 32.3. The van der Waals surface area contributed by atoms with E-state index in [2.05, 4.69) is 43.5 Å². The number of aromatic nitrogens is 4. The lowest BCUT2D eigenvalue weighted by Gasteiger charge is -2.30. The molecule has 0 bridgehead atoms. The lowest BCUT2D eigenvalue weighted by atomic mass is 10.0. The van der Waals surface area contributed by atoms with Gasteiger partial charge in [-0.3, -0.25) is 4.79 Å². The van der Waals surface area contributed by atoms with Crippen LogP contribution in [-0.2, 0) is 28.9 Å². The maximum atomic E-state index is 13.9. The van der Waals surface area contributed by atoms with Crippen molar-refractivity contribution in [2.24, 2.45) is 0 Å². The van der Waals surface area contributed by atoms with Crippen LogP contribution in [0.3, 0.4) is 0 Å². The molecule has 0 aliphatic heterocycles. The van der Waals surface area contributed by atoms with E-state index in [-0.39, 0.29) is 5.91 Å². The lowest BCUT2D eigenvalue weighted by Crippen LogP contribution is -2.56. The van der Waals surface area contributed by atoms with Gasteiger partial charge in [0.15, 0.2) is 5.82 Å². The van der Waals surface area contributed by atoms with E-state index in [1.807, 2.05) is 66.9 Å². The van der Waals surface area contributed by atoms with E-state index < -0.39 is 23.3 Å². The Bertz CT molecular complexity index is 1800. The molecular weight excluding hydrogens is 580 g/mol. The van der Waals surface area contributed by atoms with Gasteiger partial charge in [0.05, 0.1) is 19.7 Å². The van der Waals surface area contributed by atoms with Crippen molar-refractivity contribution in [3.63, 3.8) is 0 Å². The van der Waals surface area contributed by atoms with Crippen LogP contribution in [0.4, 0.5) is 4.79 Å². The summed E-state index contributed by atoms with van der Waals surface area (Å²) in [6, 6.07) is 25.4. The van der Waals surface area contributed by atoms with E-state index in [0.29, 0.717) is 25.2 Å². The van der Waals surface area contributed by atoms with Crippen molar-refractivity contribution in [1.82, 2.24) is 30.4 Å². The summed E-state index contributed by atoms with van der Waals surface area (Å²) in [5, 5.41) is 16.3. The average molecular weight is 623 g/mol. The molecule has 5 aromatic rings. The Balaban J connectivity index is 1.54. The molecule has 0 fully saturated rings. The van der Waals surface area contributed by atoms with Crippen molar-refractivity contribution in [2.75, 3.05) is 7.11 Å². The number of H-pyrrole nitrogens is 1. The van der Waals surface area contributed by atoms with Gasteiger partial charge in [-0.25, -0.2) is 4.79 Å². The van der Waals surface area contributed by atoms with Gasteiger partial charge in [0.1, 0.15) is 22.7 Å². The second-order valence-corrected chi connectivity index (χ2v) is 12.9. The third-order valence-electron chi connectivity index (χ3n) is 7.63. The standard InChI is InChI=1S/C36H42N6O4/c1-35(2,3)46-34(44)39-36(4,5)33(43)38-30(21-26-22-37-29-18-11-10-17-28(26)29)32-41-40-31(20-24-13-8-7-9-14-24)42(32)23-25-15-12-16-27(19-25)45-6/h7-19,22,30,37H,20-21,23H2,1-6H3,(H,38,43)(H,39,44)/t30-/m1/s1. The molecule has 3 aromatic carbocycles. The fourth-order valence-electron chi connectivity index (χ4n) is 5.32. The summed E-state index contributed by atoms with van der Waals surface area (Å²) < 4.78 is 13.0. The minimum atomic E-state index is -1.29. The molecule has 0 aliphatic rings. The van der Waals surface area contributed by atoms with E-state index in [0.717, 1.165) is 39.2 Å². The van der Waals surface area contributed by atoms with E-state index in [1.165, 1.54) is 0 Å². The average Bonchev–Trinajstić information content (AvgIpc) is 3.59. The van der Waals surface area contributed by atoms with Gasteiger partial charge in [-0.05, 0) is 69.5 Å². The molecule has 10 nitrogen and oxygen atoms in total. The molecule has 1 atom stereocenters. The number of hydrogen-bond donors (Lipinski definition) is 3. The number of aromatic amines is 1. The van der Waals surface area contributed by atoms with Gasteiger partial charge in [-0.15, -0.1) is 10.2 Å². The van der Waals surface area contributed by atoms with Gasteiger partial charge in [0.25, 0.3) is 0 Å². The molecule has 2 aromatic heterocycles. The number of para-hydroxylation sites is 1. The van der Waals surface area contributed by atoms with Gasteiger partial charge < -0.3 is 29.7 Å². The zero-order valence-corrected chi connectivity index (χ0v) is 27.3. The first-order valence-electron chi connectivity index (χ1n) is 15.4. The number of nitrogens with zero attached hydrogens (tertiary/aromatic N) is 3. The smallest absolute Gasteiger partial charge is 0.408 e. The highest BCUT2D eigenvalue weighted by Crippen LogP contribution is 2.27. The van der Waals surface area contributed by atoms with Crippen LogP contribution in [0.15, 0.2) is 85.1 Å². The highest BCUT2D eigenvalue weighted by atomic mass is 16.6. The number of nitrogens with one attached hydrogen (secondary N) is 3. The molecule has 5 rings (SSSR count). The third-order valence-corrected chi connectivity index (χ3v) is 7.63. The first-order chi connectivity index (χ1) is 21.9. The van der Waals surface area contributed by atoms with Crippen molar-refractivity contribution in [3.05, 3.63) is 113 Å². The summed E-state index contributed by atoms with van der Waals surface area (Å²) in [5.41, 5.74) is 2.11. The zero-order valence-electron chi connectivity index (χ0n) is 27.3. The molecule has 0 unspecified atom stereocenters. The van der Waals surface area contributed by atoms with Gasteiger partial charge in [0, 0.05) is 29.9 Å². The number of carbonyl (C=O) groups is 2. The van der Waals surface area contributed by atoms with Crippen LogP contribution < -0.4 is 15.4 Å².